The molecule has 1 N–H and O–H groups in total. The second-order valence-corrected chi connectivity index (χ2v) is 5.05. The van der Waals surface area contributed by atoms with Crippen molar-refractivity contribution < 1.29 is 4.79 Å². The molecule has 4 rings (SSSR count). The molecule has 0 fully saturated rings. The van der Waals surface area contributed by atoms with Crippen LogP contribution in [0.25, 0.3) is 32.3 Å². The Balaban J connectivity index is 2.29. The van der Waals surface area contributed by atoms with E-state index < -0.39 is 0 Å². The second kappa shape index (κ2) is 3.94. The van der Waals surface area contributed by atoms with Gasteiger partial charge in [-0.05, 0) is 38.4 Å². The highest BCUT2D eigenvalue weighted by atomic mass is 16.1. The third-order valence-electron chi connectivity index (χ3n) is 4.00. The molecule has 0 saturated carbocycles. The van der Waals surface area contributed by atoms with Gasteiger partial charge in [-0.3, -0.25) is 4.79 Å². The highest BCUT2D eigenvalue weighted by Crippen LogP contribution is 2.35. The van der Waals surface area contributed by atoms with Gasteiger partial charge in [0.15, 0.2) is 0 Å². The Labute approximate surface area is 116 Å². The first-order valence-corrected chi connectivity index (χ1v) is 6.68. The van der Waals surface area contributed by atoms with Gasteiger partial charge in [-0.15, -0.1) is 0 Å². The largest absolute Gasteiger partial charge is 0.355 e. The van der Waals surface area contributed by atoms with E-state index >= 15 is 0 Å². The number of nitrogens with one attached hydrogen (secondary N) is 1. The molecule has 2 heteroatoms. The zero-order chi connectivity index (χ0) is 13.7. The van der Waals surface area contributed by atoms with E-state index in [1.807, 2.05) is 12.1 Å². The summed E-state index contributed by atoms with van der Waals surface area (Å²) in [6.07, 6.45) is 0. The van der Waals surface area contributed by atoms with E-state index in [9.17, 15) is 4.79 Å². The monoisotopic (exact) mass is 259 g/mol. The number of benzene rings is 4. The van der Waals surface area contributed by atoms with Gasteiger partial charge < -0.3 is 5.32 Å². The van der Waals surface area contributed by atoms with Gasteiger partial charge in [-0.25, -0.2) is 0 Å². The zero-order valence-corrected chi connectivity index (χ0v) is 11.1. The molecule has 2 nitrogen and oxygen atoms in total. The molecular weight excluding hydrogens is 246 g/mol. The molecule has 0 radical (unpaired) electrons. The first-order chi connectivity index (χ1) is 9.79. The maximum Gasteiger partial charge on any atom is 0.251 e. The summed E-state index contributed by atoms with van der Waals surface area (Å²) in [6.45, 7) is 0. The van der Waals surface area contributed by atoms with Crippen LogP contribution in [0.4, 0.5) is 0 Å². The molecular formula is C18H13NO. The Morgan fingerprint density at radius 1 is 0.800 bits per heavy atom. The molecule has 0 aliphatic carbocycles. The van der Waals surface area contributed by atoms with Crippen LogP contribution in [0.15, 0.2) is 54.6 Å². The predicted molar refractivity (Wildman–Crippen MR) is 83.5 cm³/mol. The fourth-order valence-corrected chi connectivity index (χ4v) is 3.07. The second-order valence-electron chi connectivity index (χ2n) is 5.05. The van der Waals surface area contributed by atoms with Crippen LogP contribution in [0.3, 0.4) is 0 Å². The molecule has 0 unspecified atom stereocenters. The van der Waals surface area contributed by atoms with Crippen molar-refractivity contribution in [3.05, 3.63) is 60.2 Å². The molecule has 0 saturated heterocycles. The minimum Gasteiger partial charge on any atom is -0.355 e. The summed E-state index contributed by atoms with van der Waals surface area (Å²) in [6, 6.07) is 18.6. The van der Waals surface area contributed by atoms with Gasteiger partial charge in [0.1, 0.15) is 0 Å². The minimum absolute atomic E-state index is 0.0389. The van der Waals surface area contributed by atoms with Crippen molar-refractivity contribution in [2.24, 2.45) is 0 Å². The number of amides is 1. The first kappa shape index (κ1) is 11.2. The van der Waals surface area contributed by atoms with Crippen molar-refractivity contribution in [3.63, 3.8) is 0 Å². The van der Waals surface area contributed by atoms with E-state index in [1.54, 1.807) is 7.05 Å². The lowest BCUT2D eigenvalue weighted by Crippen LogP contribution is -2.18. The fraction of sp³-hybridized carbons (Fsp3) is 0.0556. The summed E-state index contributed by atoms with van der Waals surface area (Å²) in [5.74, 6) is -0.0389. The molecule has 0 bridgehead atoms. The van der Waals surface area contributed by atoms with Crippen molar-refractivity contribution in [1.82, 2.24) is 5.32 Å². The highest BCUT2D eigenvalue weighted by Gasteiger charge is 2.13. The summed E-state index contributed by atoms with van der Waals surface area (Å²) in [4.78, 5) is 12.0. The quantitative estimate of drug-likeness (QED) is 0.515. The minimum atomic E-state index is -0.0389. The van der Waals surface area contributed by atoms with Crippen LogP contribution in [0.5, 0.6) is 0 Å². The number of hydrogen-bond donors (Lipinski definition) is 1. The van der Waals surface area contributed by atoms with Crippen LogP contribution in [-0.4, -0.2) is 13.0 Å². The molecule has 0 spiro atoms. The van der Waals surface area contributed by atoms with Gasteiger partial charge in [0.05, 0.1) is 0 Å². The average Bonchev–Trinajstić information content (AvgIpc) is 2.51. The number of hydrogen-bond acceptors (Lipinski definition) is 1. The molecule has 0 aromatic heterocycles. The summed E-state index contributed by atoms with van der Waals surface area (Å²) >= 11 is 0. The third-order valence-corrected chi connectivity index (χ3v) is 4.00. The molecule has 4 aromatic carbocycles. The lowest BCUT2D eigenvalue weighted by atomic mass is 9.92. The third kappa shape index (κ3) is 1.36. The number of rotatable bonds is 1. The summed E-state index contributed by atoms with van der Waals surface area (Å²) in [7, 11) is 1.67. The first-order valence-electron chi connectivity index (χ1n) is 6.68. The van der Waals surface area contributed by atoms with E-state index in [4.69, 9.17) is 0 Å². The molecule has 96 valence electrons. The van der Waals surface area contributed by atoms with Crippen molar-refractivity contribution in [2.75, 3.05) is 7.05 Å². The zero-order valence-electron chi connectivity index (χ0n) is 11.1. The molecule has 0 aliphatic rings. The van der Waals surface area contributed by atoms with Crippen molar-refractivity contribution >= 4 is 38.2 Å². The lowest BCUT2D eigenvalue weighted by molar-refractivity contribution is 0.0965. The van der Waals surface area contributed by atoms with Gasteiger partial charge in [0.2, 0.25) is 0 Å². The Morgan fingerprint density at radius 2 is 1.40 bits per heavy atom. The van der Waals surface area contributed by atoms with Crippen LogP contribution in [0.2, 0.25) is 0 Å². The summed E-state index contributed by atoms with van der Waals surface area (Å²) in [5, 5.41) is 9.77. The standard InChI is InChI=1S/C18H13NO/c1-19-18(20)15-10-8-13-6-5-11-3-2-4-12-7-9-14(15)17(13)16(11)12/h2-10H,1H3,(H,19,20). The van der Waals surface area contributed by atoms with E-state index in [-0.39, 0.29) is 5.91 Å². The predicted octanol–water partition coefficient (Wildman–Crippen LogP) is 3.94. The van der Waals surface area contributed by atoms with E-state index in [0.717, 1.165) is 10.9 Å². The van der Waals surface area contributed by atoms with Gasteiger partial charge in [0.25, 0.3) is 5.91 Å². The SMILES string of the molecule is CNC(=O)c1ccc2ccc3cccc4ccc1c2c34. The van der Waals surface area contributed by atoms with Crippen LogP contribution >= 0.6 is 0 Å². The summed E-state index contributed by atoms with van der Waals surface area (Å²) in [5.41, 5.74) is 0.734. The molecule has 0 heterocycles. The lowest BCUT2D eigenvalue weighted by Gasteiger charge is -2.13. The van der Waals surface area contributed by atoms with Gasteiger partial charge in [-0.1, -0.05) is 48.5 Å². The topological polar surface area (TPSA) is 29.1 Å². The van der Waals surface area contributed by atoms with Crippen molar-refractivity contribution in [2.45, 2.75) is 0 Å². The molecule has 0 aliphatic heterocycles. The molecule has 0 atom stereocenters. The average molecular weight is 259 g/mol. The molecule has 20 heavy (non-hydrogen) atoms. The molecule has 1 amide bonds. The van der Waals surface area contributed by atoms with E-state index in [1.165, 1.54) is 26.9 Å². The van der Waals surface area contributed by atoms with Gasteiger partial charge in [0, 0.05) is 12.6 Å². The Kier molecular flexibility index (Phi) is 2.21. The van der Waals surface area contributed by atoms with E-state index in [2.05, 4.69) is 47.8 Å². The number of carbonyl (C=O) groups excluding carboxylic acids is 1. The van der Waals surface area contributed by atoms with Gasteiger partial charge >= 0.3 is 0 Å². The fourth-order valence-electron chi connectivity index (χ4n) is 3.07. The molecule has 4 aromatic rings. The Morgan fingerprint density at radius 3 is 2.10 bits per heavy atom. The Bertz CT molecular complexity index is 940. The van der Waals surface area contributed by atoms with Crippen LogP contribution in [0, 0.1) is 0 Å². The van der Waals surface area contributed by atoms with Crippen LogP contribution in [-0.2, 0) is 0 Å². The highest BCUT2D eigenvalue weighted by molar-refractivity contribution is 6.26. The van der Waals surface area contributed by atoms with Crippen LogP contribution in [0.1, 0.15) is 10.4 Å². The number of carbonyl (C=O) groups is 1. The summed E-state index contributed by atoms with van der Waals surface area (Å²) < 4.78 is 0. The van der Waals surface area contributed by atoms with Crippen molar-refractivity contribution in [1.29, 1.82) is 0 Å². The smallest absolute Gasteiger partial charge is 0.251 e. The van der Waals surface area contributed by atoms with Gasteiger partial charge in [-0.2, -0.15) is 0 Å². The van der Waals surface area contributed by atoms with E-state index in [0.29, 0.717) is 0 Å². The Hall–Kier alpha value is -2.61. The van der Waals surface area contributed by atoms with Crippen LogP contribution < -0.4 is 5.32 Å². The van der Waals surface area contributed by atoms with Crippen molar-refractivity contribution in [3.8, 4) is 0 Å². The maximum absolute atomic E-state index is 12.0. The normalized spacial score (nSPS) is 11.4. The maximum atomic E-state index is 12.0.